The van der Waals surface area contributed by atoms with Gasteiger partial charge in [-0.05, 0) is 18.2 Å². The highest BCUT2D eigenvalue weighted by atomic mass is 19.3. The summed E-state index contributed by atoms with van der Waals surface area (Å²) in [6, 6.07) is 3.51. The first kappa shape index (κ1) is 14.2. The first-order valence-corrected chi connectivity index (χ1v) is 5.16. The van der Waals surface area contributed by atoms with Crippen molar-refractivity contribution in [1.82, 2.24) is 5.32 Å². The predicted octanol–water partition coefficient (Wildman–Crippen LogP) is 1.11. The van der Waals surface area contributed by atoms with Gasteiger partial charge in [0, 0.05) is 6.54 Å². The number of ether oxygens (including phenoxy) is 1. The van der Waals surface area contributed by atoms with Gasteiger partial charge in [0.25, 0.3) is 12.3 Å². The van der Waals surface area contributed by atoms with E-state index in [4.69, 9.17) is 5.11 Å². The van der Waals surface area contributed by atoms with Crippen molar-refractivity contribution in [3.63, 3.8) is 0 Å². The molecule has 1 aromatic carbocycles. The van der Waals surface area contributed by atoms with E-state index in [1.807, 2.05) is 0 Å². The average Bonchev–Trinajstić information content (AvgIpc) is 2.31. The monoisotopic (exact) mass is 261 g/mol. The minimum absolute atomic E-state index is 0.0284. The van der Waals surface area contributed by atoms with Gasteiger partial charge < -0.3 is 20.3 Å². The van der Waals surface area contributed by atoms with Crippen molar-refractivity contribution < 1.29 is 28.5 Å². The molecule has 1 aromatic rings. The number of aromatic hydroxyl groups is 2. The van der Waals surface area contributed by atoms with E-state index in [9.17, 15) is 18.7 Å². The van der Waals surface area contributed by atoms with Gasteiger partial charge >= 0.3 is 0 Å². The van der Waals surface area contributed by atoms with E-state index in [2.05, 4.69) is 10.1 Å². The molecule has 0 aliphatic carbocycles. The van der Waals surface area contributed by atoms with Crippen LogP contribution in [0.4, 0.5) is 8.78 Å². The topological polar surface area (TPSA) is 78.8 Å². The second-order valence-electron chi connectivity index (χ2n) is 3.42. The van der Waals surface area contributed by atoms with Crippen LogP contribution in [0.5, 0.6) is 11.5 Å². The summed E-state index contributed by atoms with van der Waals surface area (Å²) >= 11 is 0. The Morgan fingerprint density at radius 3 is 2.78 bits per heavy atom. The van der Waals surface area contributed by atoms with E-state index in [-0.39, 0.29) is 30.2 Å². The highest BCUT2D eigenvalue weighted by molar-refractivity contribution is 5.97. The standard InChI is InChI=1S/C11H13F2NO4/c12-10(13)6-18-4-3-14-11(17)8-5-7(15)1-2-9(8)16/h1-2,5,10,15-16H,3-4,6H2,(H,14,17). The van der Waals surface area contributed by atoms with Crippen LogP contribution in [0.2, 0.25) is 0 Å². The summed E-state index contributed by atoms with van der Waals surface area (Å²) in [4.78, 5) is 11.5. The lowest BCUT2D eigenvalue weighted by Crippen LogP contribution is -2.27. The third-order valence-electron chi connectivity index (χ3n) is 2.00. The summed E-state index contributed by atoms with van der Waals surface area (Å²) in [5.41, 5.74) is -0.0936. The lowest BCUT2D eigenvalue weighted by molar-refractivity contribution is 0.0188. The van der Waals surface area contributed by atoms with Crippen LogP contribution >= 0.6 is 0 Å². The second-order valence-corrected chi connectivity index (χ2v) is 3.42. The van der Waals surface area contributed by atoms with Gasteiger partial charge in [-0.2, -0.15) is 0 Å². The fourth-order valence-corrected chi connectivity index (χ4v) is 1.21. The molecule has 1 amide bonds. The highest BCUT2D eigenvalue weighted by Crippen LogP contribution is 2.21. The first-order chi connectivity index (χ1) is 8.50. The minimum atomic E-state index is -2.55. The lowest BCUT2D eigenvalue weighted by atomic mass is 10.2. The number of phenols is 2. The predicted molar refractivity (Wildman–Crippen MR) is 58.9 cm³/mol. The molecule has 0 spiro atoms. The quantitative estimate of drug-likeness (QED) is 0.529. The number of nitrogens with one attached hydrogen (secondary N) is 1. The highest BCUT2D eigenvalue weighted by Gasteiger charge is 2.11. The van der Waals surface area contributed by atoms with Crippen molar-refractivity contribution in [3.8, 4) is 11.5 Å². The number of amides is 1. The molecule has 0 saturated heterocycles. The fraction of sp³-hybridized carbons (Fsp3) is 0.364. The number of phenolic OH excluding ortho intramolecular Hbond substituents is 2. The van der Waals surface area contributed by atoms with Crippen LogP contribution < -0.4 is 5.32 Å². The zero-order chi connectivity index (χ0) is 13.5. The molecule has 0 aliphatic rings. The molecule has 0 bridgehead atoms. The summed E-state index contributed by atoms with van der Waals surface area (Å²) in [7, 11) is 0. The molecular weight excluding hydrogens is 248 g/mol. The van der Waals surface area contributed by atoms with Gasteiger partial charge in [0.15, 0.2) is 0 Å². The number of carbonyl (C=O) groups excluding carboxylic acids is 1. The van der Waals surface area contributed by atoms with Gasteiger partial charge in [0.2, 0.25) is 0 Å². The molecule has 0 aromatic heterocycles. The van der Waals surface area contributed by atoms with E-state index in [1.54, 1.807) is 0 Å². The van der Waals surface area contributed by atoms with Gasteiger partial charge in [-0.1, -0.05) is 0 Å². The Morgan fingerprint density at radius 2 is 2.11 bits per heavy atom. The Balaban J connectivity index is 2.39. The van der Waals surface area contributed by atoms with Gasteiger partial charge in [-0.15, -0.1) is 0 Å². The summed E-state index contributed by atoms with van der Waals surface area (Å²) in [6.45, 7) is -0.719. The third kappa shape index (κ3) is 4.54. The van der Waals surface area contributed by atoms with E-state index >= 15 is 0 Å². The van der Waals surface area contributed by atoms with Crippen molar-refractivity contribution in [2.45, 2.75) is 6.43 Å². The van der Waals surface area contributed by atoms with Gasteiger partial charge in [-0.25, -0.2) is 8.78 Å². The lowest BCUT2D eigenvalue weighted by Gasteiger charge is -2.07. The number of carbonyl (C=O) groups is 1. The Labute approximate surface area is 102 Å². The summed E-state index contributed by atoms with van der Waals surface area (Å²) in [5.74, 6) is -1.06. The summed E-state index contributed by atoms with van der Waals surface area (Å²) < 4.78 is 28.0. The molecule has 5 nitrogen and oxygen atoms in total. The van der Waals surface area contributed by atoms with Crippen LogP contribution in [0.25, 0.3) is 0 Å². The maximum Gasteiger partial charge on any atom is 0.261 e. The molecule has 0 heterocycles. The minimum Gasteiger partial charge on any atom is -0.508 e. The van der Waals surface area contributed by atoms with E-state index in [0.29, 0.717) is 0 Å². The number of rotatable bonds is 6. The fourth-order valence-electron chi connectivity index (χ4n) is 1.21. The van der Waals surface area contributed by atoms with Crippen LogP contribution in [-0.2, 0) is 4.74 Å². The molecular formula is C11H13F2NO4. The molecule has 18 heavy (non-hydrogen) atoms. The molecule has 0 aliphatic heterocycles. The molecule has 0 atom stereocenters. The van der Waals surface area contributed by atoms with Crippen LogP contribution in [-0.4, -0.2) is 42.3 Å². The molecule has 1 rings (SSSR count). The summed E-state index contributed by atoms with van der Waals surface area (Å²) in [5, 5.41) is 20.9. The number of halogens is 2. The maximum atomic E-state index is 11.7. The molecule has 0 saturated carbocycles. The number of hydrogen-bond donors (Lipinski definition) is 3. The molecule has 3 N–H and O–H groups in total. The van der Waals surface area contributed by atoms with Crippen LogP contribution in [0, 0.1) is 0 Å². The Hall–Kier alpha value is -1.89. The first-order valence-electron chi connectivity index (χ1n) is 5.16. The molecule has 0 radical (unpaired) electrons. The van der Waals surface area contributed by atoms with Crippen molar-refractivity contribution in [2.24, 2.45) is 0 Å². The van der Waals surface area contributed by atoms with Crippen LogP contribution in [0.1, 0.15) is 10.4 Å². The third-order valence-corrected chi connectivity index (χ3v) is 2.00. The molecule has 0 fully saturated rings. The van der Waals surface area contributed by atoms with Crippen molar-refractivity contribution in [3.05, 3.63) is 23.8 Å². The molecule has 0 unspecified atom stereocenters. The second kappa shape index (κ2) is 6.75. The van der Waals surface area contributed by atoms with Crippen molar-refractivity contribution >= 4 is 5.91 Å². The Bertz CT molecular complexity index is 412. The van der Waals surface area contributed by atoms with Crippen molar-refractivity contribution in [2.75, 3.05) is 19.8 Å². The van der Waals surface area contributed by atoms with E-state index in [0.717, 1.165) is 6.07 Å². The Kier molecular flexibility index (Phi) is 5.31. The van der Waals surface area contributed by atoms with E-state index < -0.39 is 18.9 Å². The van der Waals surface area contributed by atoms with Crippen LogP contribution in [0.3, 0.4) is 0 Å². The van der Waals surface area contributed by atoms with E-state index in [1.165, 1.54) is 12.1 Å². The largest absolute Gasteiger partial charge is 0.508 e. The van der Waals surface area contributed by atoms with Crippen molar-refractivity contribution in [1.29, 1.82) is 0 Å². The summed E-state index contributed by atoms with van der Waals surface area (Å²) in [6.07, 6.45) is -2.55. The van der Waals surface area contributed by atoms with Gasteiger partial charge in [0.05, 0.1) is 12.2 Å². The number of hydrogen-bond acceptors (Lipinski definition) is 4. The van der Waals surface area contributed by atoms with Crippen LogP contribution in [0.15, 0.2) is 18.2 Å². The zero-order valence-electron chi connectivity index (χ0n) is 9.40. The molecule has 100 valence electrons. The normalized spacial score (nSPS) is 10.6. The molecule has 7 heteroatoms. The SMILES string of the molecule is O=C(NCCOCC(F)F)c1cc(O)ccc1O. The zero-order valence-corrected chi connectivity index (χ0v) is 9.40. The number of benzene rings is 1. The number of alkyl halides is 2. The Morgan fingerprint density at radius 1 is 1.39 bits per heavy atom. The van der Waals surface area contributed by atoms with Gasteiger partial charge in [-0.3, -0.25) is 4.79 Å². The average molecular weight is 261 g/mol. The van der Waals surface area contributed by atoms with Gasteiger partial charge in [0.1, 0.15) is 18.1 Å². The maximum absolute atomic E-state index is 11.7. The smallest absolute Gasteiger partial charge is 0.261 e.